The molecular formula is C13H18N2O3. The van der Waals surface area contributed by atoms with E-state index in [4.69, 9.17) is 5.11 Å². The van der Waals surface area contributed by atoms with Gasteiger partial charge in [-0.05, 0) is 26.0 Å². The van der Waals surface area contributed by atoms with E-state index in [1.807, 2.05) is 36.7 Å². The molecule has 18 heavy (non-hydrogen) atoms. The molecule has 1 aliphatic heterocycles. The number of hydrogen-bond donors (Lipinski definition) is 1. The van der Waals surface area contributed by atoms with Crippen LogP contribution in [-0.4, -0.2) is 39.5 Å². The summed E-state index contributed by atoms with van der Waals surface area (Å²) in [6, 6.07) is 3.92. The van der Waals surface area contributed by atoms with E-state index in [0.717, 1.165) is 0 Å². The zero-order chi connectivity index (χ0) is 13.3. The van der Waals surface area contributed by atoms with Gasteiger partial charge < -0.3 is 14.6 Å². The fourth-order valence-electron chi connectivity index (χ4n) is 2.30. The minimum atomic E-state index is -0.794. The largest absolute Gasteiger partial charge is 0.481 e. The highest BCUT2D eigenvalue weighted by Gasteiger charge is 2.33. The molecule has 1 aliphatic rings. The molecule has 0 unspecified atom stereocenters. The van der Waals surface area contributed by atoms with Gasteiger partial charge in [0, 0.05) is 31.2 Å². The van der Waals surface area contributed by atoms with Crippen molar-refractivity contribution in [2.45, 2.75) is 26.3 Å². The number of carboxylic acid groups (broad SMARTS) is 1. The zero-order valence-corrected chi connectivity index (χ0v) is 10.7. The van der Waals surface area contributed by atoms with Gasteiger partial charge in [0.15, 0.2) is 0 Å². The highest BCUT2D eigenvalue weighted by molar-refractivity contribution is 5.93. The molecule has 98 valence electrons. The first-order valence-corrected chi connectivity index (χ1v) is 6.17. The second-order valence-electron chi connectivity index (χ2n) is 5.07. The van der Waals surface area contributed by atoms with Crippen LogP contribution in [0.25, 0.3) is 0 Å². The maximum atomic E-state index is 12.2. The van der Waals surface area contributed by atoms with Crippen LogP contribution in [0.3, 0.4) is 0 Å². The smallest absolute Gasteiger partial charge is 0.303 e. The summed E-state index contributed by atoms with van der Waals surface area (Å²) >= 11 is 0. The normalized spacial score (nSPS) is 15.8. The van der Waals surface area contributed by atoms with Gasteiger partial charge in [0.2, 0.25) is 0 Å². The molecule has 1 N–H and O–H groups in total. The van der Waals surface area contributed by atoms with Gasteiger partial charge in [0.05, 0.1) is 6.42 Å². The van der Waals surface area contributed by atoms with Crippen molar-refractivity contribution in [2.24, 2.45) is 5.92 Å². The van der Waals surface area contributed by atoms with Gasteiger partial charge in [-0.15, -0.1) is 0 Å². The summed E-state index contributed by atoms with van der Waals surface area (Å²) in [6.07, 6.45) is 2.04. The molecule has 0 aromatic carbocycles. The summed E-state index contributed by atoms with van der Waals surface area (Å²) in [5.41, 5.74) is 0.679. The third-order valence-corrected chi connectivity index (χ3v) is 3.26. The van der Waals surface area contributed by atoms with Crippen molar-refractivity contribution in [3.05, 3.63) is 24.0 Å². The lowest BCUT2D eigenvalue weighted by molar-refractivity contribution is -0.139. The Hall–Kier alpha value is -1.78. The van der Waals surface area contributed by atoms with Crippen molar-refractivity contribution >= 4 is 11.9 Å². The van der Waals surface area contributed by atoms with Crippen LogP contribution in [0, 0.1) is 5.92 Å². The van der Waals surface area contributed by atoms with Crippen molar-refractivity contribution < 1.29 is 14.7 Å². The number of carbonyl (C=O) groups is 2. The molecule has 0 aliphatic carbocycles. The van der Waals surface area contributed by atoms with Gasteiger partial charge in [-0.2, -0.15) is 0 Å². The molecule has 1 aromatic rings. The maximum Gasteiger partial charge on any atom is 0.303 e. The lowest BCUT2D eigenvalue weighted by atomic mass is 9.96. The Morgan fingerprint density at radius 3 is 2.67 bits per heavy atom. The van der Waals surface area contributed by atoms with Crippen LogP contribution >= 0.6 is 0 Å². The van der Waals surface area contributed by atoms with Crippen LogP contribution in [0.1, 0.15) is 36.8 Å². The lowest BCUT2D eigenvalue weighted by Gasteiger charge is -2.38. The molecule has 1 saturated heterocycles. The topological polar surface area (TPSA) is 62.5 Å². The van der Waals surface area contributed by atoms with E-state index in [9.17, 15) is 9.59 Å². The van der Waals surface area contributed by atoms with Crippen molar-refractivity contribution in [2.75, 3.05) is 13.1 Å². The summed E-state index contributed by atoms with van der Waals surface area (Å²) in [4.78, 5) is 24.5. The number of aliphatic carboxylic acids is 1. The minimum Gasteiger partial charge on any atom is -0.481 e. The summed E-state index contributed by atoms with van der Waals surface area (Å²) in [7, 11) is 0. The third-order valence-electron chi connectivity index (χ3n) is 3.26. The number of aromatic nitrogens is 1. The molecule has 1 amide bonds. The summed E-state index contributed by atoms with van der Waals surface area (Å²) in [6.45, 7) is 5.16. The van der Waals surface area contributed by atoms with E-state index < -0.39 is 5.97 Å². The highest BCUT2D eigenvalue weighted by atomic mass is 16.4. The number of rotatable bonds is 4. The maximum absolute atomic E-state index is 12.2. The zero-order valence-electron chi connectivity index (χ0n) is 10.7. The predicted molar refractivity (Wildman–Crippen MR) is 66.5 cm³/mol. The van der Waals surface area contributed by atoms with E-state index >= 15 is 0 Å². The number of carboxylic acids is 1. The van der Waals surface area contributed by atoms with Crippen LogP contribution < -0.4 is 0 Å². The molecule has 0 bridgehead atoms. The second-order valence-corrected chi connectivity index (χ2v) is 5.07. The Morgan fingerprint density at radius 2 is 2.11 bits per heavy atom. The van der Waals surface area contributed by atoms with Crippen molar-refractivity contribution in [3.8, 4) is 0 Å². The average Bonchev–Trinajstić information content (AvgIpc) is 2.70. The Labute approximate surface area is 106 Å². The third kappa shape index (κ3) is 2.39. The van der Waals surface area contributed by atoms with Crippen molar-refractivity contribution in [1.82, 2.24) is 9.47 Å². The highest BCUT2D eigenvalue weighted by Crippen LogP contribution is 2.22. The SMILES string of the molecule is CC(C)n1cccc1C(=O)N1CC(CC(=O)O)C1. The standard InChI is InChI=1S/C13H18N2O3/c1-9(2)15-5-3-4-11(15)13(18)14-7-10(8-14)6-12(16)17/h3-5,9-10H,6-8H2,1-2H3,(H,16,17). The first kappa shape index (κ1) is 12.7. The fourth-order valence-corrected chi connectivity index (χ4v) is 2.30. The molecule has 2 heterocycles. The van der Waals surface area contributed by atoms with E-state index in [-0.39, 0.29) is 24.3 Å². The first-order chi connectivity index (χ1) is 8.49. The average molecular weight is 250 g/mol. The molecule has 0 radical (unpaired) electrons. The number of carbonyl (C=O) groups excluding carboxylic acids is 1. The molecule has 5 heteroatoms. The molecule has 5 nitrogen and oxygen atoms in total. The fraction of sp³-hybridized carbons (Fsp3) is 0.538. The molecule has 0 saturated carbocycles. The van der Waals surface area contributed by atoms with E-state index in [0.29, 0.717) is 18.8 Å². The molecule has 1 fully saturated rings. The number of hydrogen-bond acceptors (Lipinski definition) is 2. The van der Waals surface area contributed by atoms with Crippen LogP contribution in [0.5, 0.6) is 0 Å². The van der Waals surface area contributed by atoms with Crippen LogP contribution in [0.15, 0.2) is 18.3 Å². The van der Waals surface area contributed by atoms with Gasteiger partial charge in [-0.25, -0.2) is 0 Å². The lowest BCUT2D eigenvalue weighted by Crippen LogP contribution is -2.51. The van der Waals surface area contributed by atoms with Crippen molar-refractivity contribution in [3.63, 3.8) is 0 Å². The summed E-state index contributed by atoms with van der Waals surface area (Å²) < 4.78 is 1.94. The Kier molecular flexibility index (Phi) is 3.41. The molecule has 2 rings (SSSR count). The second kappa shape index (κ2) is 4.84. The number of likely N-dealkylation sites (tertiary alicyclic amines) is 1. The number of amides is 1. The van der Waals surface area contributed by atoms with Gasteiger partial charge in [0.25, 0.3) is 5.91 Å². The van der Waals surface area contributed by atoms with Crippen molar-refractivity contribution in [1.29, 1.82) is 0 Å². The molecule has 0 spiro atoms. The van der Waals surface area contributed by atoms with Gasteiger partial charge >= 0.3 is 5.97 Å². The minimum absolute atomic E-state index is 0.00432. The molecule has 1 aromatic heterocycles. The first-order valence-electron chi connectivity index (χ1n) is 6.17. The van der Waals surface area contributed by atoms with Gasteiger partial charge in [0.1, 0.15) is 5.69 Å². The Bertz CT molecular complexity index is 459. The quantitative estimate of drug-likeness (QED) is 0.883. The van der Waals surface area contributed by atoms with Gasteiger partial charge in [-0.3, -0.25) is 9.59 Å². The number of nitrogens with zero attached hydrogens (tertiary/aromatic N) is 2. The Balaban J connectivity index is 1.97. The van der Waals surface area contributed by atoms with E-state index in [1.54, 1.807) is 4.90 Å². The van der Waals surface area contributed by atoms with Gasteiger partial charge in [-0.1, -0.05) is 0 Å². The van der Waals surface area contributed by atoms with E-state index in [2.05, 4.69) is 0 Å². The Morgan fingerprint density at radius 1 is 1.44 bits per heavy atom. The van der Waals surface area contributed by atoms with Crippen LogP contribution in [0.2, 0.25) is 0 Å². The monoisotopic (exact) mass is 250 g/mol. The molecule has 0 atom stereocenters. The van der Waals surface area contributed by atoms with Crippen LogP contribution in [-0.2, 0) is 4.79 Å². The summed E-state index contributed by atoms with van der Waals surface area (Å²) in [5, 5.41) is 8.67. The summed E-state index contributed by atoms with van der Waals surface area (Å²) in [5.74, 6) is -0.693. The molecular weight excluding hydrogens is 232 g/mol. The predicted octanol–water partition coefficient (Wildman–Crippen LogP) is 1.62. The van der Waals surface area contributed by atoms with Crippen LogP contribution in [0.4, 0.5) is 0 Å². The van der Waals surface area contributed by atoms with E-state index in [1.165, 1.54) is 0 Å².